The normalized spacial score (nSPS) is 16.1. The second-order valence-corrected chi connectivity index (χ2v) is 8.66. The number of sulfonamides is 1. The van der Waals surface area contributed by atoms with Crippen LogP contribution in [0.1, 0.15) is 29.7 Å². The summed E-state index contributed by atoms with van der Waals surface area (Å²) in [6.07, 6.45) is 0.833. The van der Waals surface area contributed by atoms with Crippen molar-refractivity contribution in [2.75, 3.05) is 5.32 Å². The number of anilines is 1. The van der Waals surface area contributed by atoms with Crippen molar-refractivity contribution >= 4 is 15.7 Å². The largest absolute Gasteiger partial charge is 0.382 e. The second kappa shape index (κ2) is 7.18. The highest BCUT2D eigenvalue weighted by Gasteiger charge is 2.25. The number of nitrogens with one attached hydrogen (secondary N) is 2. The lowest BCUT2D eigenvalue weighted by Crippen LogP contribution is -2.29. The first-order valence-electron chi connectivity index (χ1n) is 9.04. The predicted octanol–water partition coefficient (Wildman–Crippen LogP) is 4.11. The van der Waals surface area contributed by atoms with E-state index in [1.165, 1.54) is 0 Å². The van der Waals surface area contributed by atoms with E-state index in [2.05, 4.69) is 17.0 Å². The molecule has 3 aromatic rings. The van der Waals surface area contributed by atoms with Crippen molar-refractivity contribution in [3.05, 3.63) is 95.6 Å². The molecule has 2 N–H and O–H groups in total. The molecular formula is C22H22N2O2S. The lowest BCUT2D eigenvalue weighted by atomic mass is 10.00. The molecule has 5 heteroatoms. The van der Waals surface area contributed by atoms with Crippen LogP contribution >= 0.6 is 0 Å². The number of benzene rings is 3. The van der Waals surface area contributed by atoms with Gasteiger partial charge in [-0.2, -0.15) is 4.72 Å². The first-order valence-corrected chi connectivity index (χ1v) is 10.5. The maximum Gasteiger partial charge on any atom is 0.241 e. The van der Waals surface area contributed by atoms with Crippen molar-refractivity contribution in [2.45, 2.75) is 30.3 Å². The van der Waals surface area contributed by atoms with Crippen molar-refractivity contribution in [1.82, 2.24) is 4.72 Å². The van der Waals surface area contributed by atoms with Crippen molar-refractivity contribution in [3.8, 4) is 0 Å². The first kappa shape index (κ1) is 17.8. The number of hydrogen-bond acceptors (Lipinski definition) is 3. The molecule has 1 atom stereocenters. The third kappa shape index (κ3) is 3.75. The van der Waals surface area contributed by atoms with E-state index in [1.807, 2.05) is 66.7 Å². The smallest absolute Gasteiger partial charge is 0.241 e. The maximum atomic E-state index is 13.1. The van der Waals surface area contributed by atoms with E-state index < -0.39 is 16.1 Å². The van der Waals surface area contributed by atoms with Gasteiger partial charge < -0.3 is 5.32 Å². The average molecular weight is 378 g/mol. The maximum absolute atomic E-state index is 13.1. The van der Waals surface area contributed by atoms with Gasteiger partial charge in [0.05, 0.1) is 10.9 Å². The summed E-state index contributed by atoms with van der Waals surface area (Å²) in [5.41, 5.74) is 3.87. The second-order valence-electron chi connectivity index (χ2n) is 6.94. The molecule has 27 heavy (non-hydrogen) atoms. The summed E-state index contributed by atoms with van der Waals surface area (Å²) in [5.74, 6) is 0. The van der Waals surface area contributed by atoms with Crippen LogP contribution in [0.3, 0.4) is 0 Å². The van der Waals surface area contributed by atoms with E-state index in [0.29, 0.717) is 10.9 Å². The summed E-state index contributed by atoms with van der Waals surface area (Å²) in [6.45, 7) is 2.09. The van der Waals surface area contributed by atoms with Crippen molar-refractivity contribution in [1.29, 1.82) is 0 Å². The summed E-state index contributed by atoms with van der Waals surface area (Å²) in [6, 6.07) is 24.5. The van der Waals surface area contributed by atoms with E-state index in [4.69, 9.17) is 0 Å². The fourth-order valence-corrected chi connectivity index (χ4v) is 4.80. The molecule has 0 aromatic heterocycles. The SMILES string of the molecule is CC1Cc2cc(S(=O)(=O)NC(c3ccccc3)c3ccccc3)ccc2N1. The standard InChI is InChI=1S/C22H22N2O2S/c1-16-14-19-15-20(12-13-21(19)23-16)27(25,26)24-22(17-8-4-2-5-9-17)18-10-6-3-7-11-18/h2-13,15-16,22-24H,14H2,1H3. The molecule has 3 aromatic carbocycles. The Labute approximate surface area is 160 Å². The van der Waals surface area contributed by atoms with Gasteiger partial charge in [0.2, 0.25) is 10.0 Å². The fourth-order valence-electron chi connectivity index (χ4n) is 3.54. The van der Waals surface area contributed by atoms with Crippen molar-refractivity contribution in [2.24, 2.45) is 0 Å². The van der Waals surface area contributed by atoms with Gasteiger partial charge in [-0.3, -0.25) is 0 Å². The minimum absolute atomic E-state index is 0.300. The molecule has 4 rings (SSSR count). The number of rotatable bonds is 5. The van der Waals surface area contributed by atoms with Crippen LogP contribution in [0, 0.1) is 0 Å². The Kier molecular flexibility index (Phi) is 4.72. The first-order chi connectivity index (χ1) is 13.0. The molecular weight excluding hydrogens is 356 g/mol. The summed E-state index contributed by atoms with van der Waals surface area (Å²) >= 11 is 0. The van der Waals surface area contributed by atoms with Gasteiger partial charge in [0, 0.05) is 11.7 Å². The Bertz CT molecular complexity index is 995. The molecule has 0 aliphatic carbocycles. The monoisotopic (exact) mass is 378 g/mol. The quantitative estimate of drug-likeness (QED) is 0.702. The van der Waals surface area contributed by atoms with Crippen molar-refractivity contribution in [3.63, 3.8) is 0 Å². The highest BCUT2D eigenvalue weighted by atomic mass is 32.2. The molecule has 0 bridgehead atoms. The van der Waals surface area contributed by atoms with E-state index in [-0.39, 0.29) is 0 Å². The summed E-state index contributed by atoms with van der Waals surface area (Å²) in [7, 11) is -3.67. The molecule has 0 saturated carbocycles. The van der Waals surface area contributed by atoms with Crippen LogP contribution in [0.25, 0.3) is 0 Å². The van der Waals surface area contributed by atoms with E-state index >= 15 is 0 Å². The average Bonchev–Trinajstić information content (AvgIpc) is 3.07. The van der Waals surface area contributed by atoms with E-state index in [0.717, 1.165) is 28.8 Å². The molecule has 0 radical (unpaired) electrons. The van der Waals surface area contributed by atoms with Crippen LogP contribution in [0.15, 0.2) is 83.8 Å². The Morgan fingerprint density at radius 2 is 1.52 bits per heavy atom. The lowest BCUT2D eigenvalue weighted by molar-refractivity contribution is 0.572. The molecule has 0 spiro atoms. The van der Waals surface area contributed by atoms with Gasteiger partial charge in [-0.25, -0.2) is 8.42 Å². The zero-order chi connectivity index (χ0) is 18.9. The molecule has 1 aliphatic rings. The van der Waals surface area contributed by atoms with E-state index in [9.17, 15) is 8.42 Å². The van der Waals surface area contributed by atoms with E-state index in [1.54, 1.807) is 12.1 Å². The molecule has 1 heterocycles. The Balaban J connectivity index is 1.70. The predicted molar refractivity (Wildman–Crippen MR) is 108 cm³/mol. The van der Waals surface area contributed by atoms with Gasteiger partial charge in [-0.15, -0.1) is 0 Å². The summed E-state index contributed by atoms with van der Waals surface area (Å²) in [4.78, 5) is 0.300. The summed E-state index contributed by atoms with van der Waals surface area (Å²) < 4.78 is 29.2. The molecule has 138 valence electrons. The lowest BCUT2D eigenvalue weighted by Gasteiger charge is -2.20. The minimum Gasteiger partial charge on any atom is -0.382 e. The van der Waals surface area contributed by atoms with Gasteiger partial charge in [0.15, 0.2) is 0 Å². The third-order valence-corrected chi connectivity index (χ3v) is 6.27. The zero-order valence-corrected chi connectivity index (χ0v) is 15.9. The number of hydrogen-bond donors (Lipinski definition) is 2. The fraction of sp³-hybridized carbons (Fsp3) is 0.182. The number of fused-ring (bicyclic) bond motifs is 1. The Morgan fingerprint density at radius 3 is 2.11 bits per heavy atom. The summed E-state index contributed by atoms with van der Waals surface area (Å²) in [5, 5.41) is 3.35. The van der Waals surface area contributed by atoms with Crippen LogP contribution in [-0.2, 0) is 16.4 Å². The Morgan fingerprint density at radius 1 is 0.926 bits per heavy atom. The van der Waals surface area contributed by atoms with Crippen LogP contribution in [0.4, 0.5) is 5.69 Å². The van der Waals surface area contributed by atoms with Crippen molar-refractivity contribution < 1.29 is 8.42 Å². The molecule has 1 unspecified atom stereocenters. The van der Waals surface area contributed by atoms with Gasteiger partial charge in [0.25, 0.3) is 0 Å². The molecule has 0 saturated heterocycles. The van der Waals surface area contributed by atoms with Crippen LogP contribution < -0.4 is 10.0 Å². The highest BCUT2D eigenvalue weighted by Crippen LogP contribution is 2.29. The van der Waals surface area contributed by atoms with Crippen LogP contribution in [0.5, 0.6) is 0 Å². The van der Waals surface area contributed by atoms with Gasteiger partial charge >= 0.3 is 0 Å². The topological polar surface area (TPSA) is 58.2 Å². The highest BCUT2D eigenvalue weighted by molar-refractivity contribution is 7.89. The molecule has 0 amide bonds. The van der Waals surface area contributed by atoms with Gasteiger partial charge in [-0.05, 0) is 48.2 Å². The minimum atomic E-state index is -3.67. The molecule has 0 fully saturated rings. The third-order valence-electron chi connectivity index (χ3n) is 4.85. The molecule has 4 nitrogen and oxygen atoms in total. The molecule has 1 aliphatic heterocycles. The Hall–Kier alpha value is -2.63. The van der Waals surface area contributed by atoms with Crippen LogP contribution in [0.2, 0.25) is 0 Å². The van der Waals surface area contributed by atoms with Crippen LogP contribution in [-0.4, -0.2) is 14.5 Å². The van der Waals surface area contributed by atoms with Gasteiger partial charge in [0.1, 0.15) is 0 Å². The zero-order valence-electron chi connectivity index (χ0n) is 15.1. The van der Waals surface area contributed by atoms with Gasteiger partial charge in [-0.1, -0.05) is 60.7 Å².